The van der Waals surface area contributed by atoms with Crippen LogP contribution in [0.2, 0.25) is 0 Å². The predicted octanol–water partition coefficient (Wildman–Crippen LogP) is 4.47. The summed E-state index contributed by atoms with van der Waals surface area (Å²) in [7, 11) is 0. The molecule has 0 spiro atoms. The molecule has 0 aliphatic carbocycles. The van der Waals surface area contributed by atoms with Gasteiger partial charge in [-0.1, -0.05) is 39.7 Å². The third kappa shape index (κ3) is 4.33. The molecule has 2 rings (SSSR count). The fourth-order valence-corrected chi connectivity index (χ4v) is 2.36. The predicted molar refractivity (Wildman–Crippen MR) is 88.8 cm³/mol. The summed E-state index contributed by atoms with van der Waals surface area (Å²) in [6.45, 7) is 5.74. The van der Waals surface area contributed by atoms with Gasteiger partial charge in [0.25, 0.3) is 5.91 Å². The van der Waals surface area contributed by atoms with Crippen LogP contribution in [0.1, 0.15) is 18.1 Å². The maximum atomic E-state index is 12.2. The molecular weight excluding hydrogens is 330 g/mol. The van der Waals surface area contributed by atoms with Gasteiger partial charge in [0.2, 0.25) is 0 Å². The van der Waals surface area contributed by atoms with Crippen LogP contribution in [0.25, 0.3) is 0 Å². The van der Waals surface area contributed by atoms with Crippen molar-refractivity contribution < 1.29 is 9.53 Å². The van der Waals surface area contributed by atoms with E-state index in [4.69, 9.17) is 4.74 Å². The standard InChI is InChI=1S/C17H18BrNO2/c1-11-7-8-16(12(2)9-11)19-17(20)13(3)21-15-6-4-5-14(18)10-15/h4-10,13H,1-3H3,(H,19,20)/t13-/m1/s1. The Kier molecular flexibility index (Phi) is 5.02. The van der Waals surface area contributed by atoms with E-state index in [1.807, 2.05) is 56.3 Å². The average molecular weight is 348 g/mol. The molecule has 0 aliphatic rings. The van der Waals surface area contributed by atoms with Crippen LogP contribution in [0.3, 0.4) is 0 Å². The highest BCUT2D eigenvalue weighted by atomic mass is 79.9. The number of carbonyl (C=O) groups is 1. The molecule has 2 aromatic rings. The van der Waals surface area contributed by atoms with Crippen molar-refractivity contribution in [1.82, 2.24) is 0 Å². The number of benzene rings is 2. The maximum Gasteiger partial charge on any atom is 0.265 e. The van der Waals surface area contributed by atoms with Gasteiger partial charge in [-0.15, -0.1) is 0 Å². The Labute approximate surface area is 133 Å². The molecule has 3 nitrogen and oxygen atoms in total. The molecule has 0 radical (unpaired) electrons. The number of amides is 1. The molecular formula is C17H18BrNO2. The summed E-state index contributed by atoms with van der Waals surface area (Å²) in [4.78, 5) is 12.2. The number of rotatable bonds is 4. The first-order valence-corrected chi connectivity index (χ1v) is 7.55. The third-order valence-electron chi connectivity index (χ3n) is 3.12. The van der Waals surface area contributed by atoms with E-state index >= 15 is 0 Å². The Hall–Kier alpha value is -1.81. The zero-order valence-electron chi connectivity index (χ0n) is 12.3. The zero-order chi connectivity index (χ0) is 15.4. The van der Waals surface area contributed by atoms with Gasteiger partial charge in [-0.2, -0.15) is 0 Å². The minimum absolute atomic E-state index is 0.165. The monoisotopic (exact) mass is 347 g/mol. The summed E-state index contributed by atoms with van der Waals surface area (Å²) in [6.07, 6.45) is -0.569. The van der Waals surface area contributed by atoms with Crippen molar-refractivity contribution in [1.29, 1.82) is 0 Å². The molecule has 0 saturated heterocycles. The Morgan fingerprint density at radius 2 is 1.95 bits per heavy atom. The second-order valence-corrected chi connectivity index (χ2v) is 5.94. The van der Waals surface area contributed by atoms with Crippen LogP contribution in [0.15, 0.2) is 46.9 Å². The van der Waals surface area contributed by atoms with E-state index in [-0.39, 0.29) is 5.91 Å². The minimum Gasteiger partial charge on any atom is -0.481 e. The molecule has 1 atom stereocenters. The lowest BCUT2D eigenvalue weighted by atomic mass is 10.1. The molecule has 0 bridgehead atoms. The molecule has 0 unspecified atom stereocenters. The molecule has 1 N–H and O–H groups in total. The lowest BCUT2D eigenvalue weighted by Crippen LogP contribution is -2.30. The lowest BCUT2D eigenvalue weighted by Gasteiger charge is -2.16. The SMILES string of the molecule is Cc1ccc(NC(=O)[C@@H](C)Oc2cccc(Br)c2)c(C)c1. The van der Waals surface area contributed by atoms with E-state index in [1.165, 1.54) is 5.56 Å². The molecule has 0 fully saturated rings. The number of hydrogen-bond donors (Lipinski definition) is 1. The van der Waals surface area contributed by atoms with Gasteiger partial charge in [-0.05, 0) is 50.6 Å². The van der Waals surface area contributed by atoms with Crippen LogP contribution in [0, 0.1) is 13.8 Å². The first-order chi connectivity index (χ1) is 9.95. The first-order valence-electron chi connectivity index (χ1n) is 6.76. The van der Waals surface area contributed by atoms with Crippen LogP contribution >= 0.6 is 15.9 Å². The number of carbonyl (C=O) groups excluding carboxylic acids is 1. The number of nitrogens with one attached hydrogen (secondary N) is 1. The Morgan fingerprint density at radius 1 is 1.19 bits per heavy atom. The quantitative estimate of drug-likeness (QED) is 0.885. The average Bonchev–Trinajstić information content (AvgIpc) is 2.41. The molecule has 0 saturated carbocycles. The fraction of sp³-hybridized carbons (Fsp3) is 0.235. The number of hydrogen-bond acceptors (Lipinski definition) is 2. The smallest absolute Gasteiger partial charge is 0.265 e. The Bertz CT molecular complexity index is 655. The van der Waals surface area contributed by atoms with E-state index in [9.17, 15) is 4.79 Å². The van der Waals surface area contributed by atoms with E-state index in [0.29, 0.717) is 5.75 Å². The highest BCUT2D eigenvalue weighted by Gasteiger charge is 2.15. The van der Waals surface area contributed by atoms with Gasteiger partial charge in [-0.3, -0.25) is 4.79 Å². The summed E-state index contributed by atoms with van der Waals surface area (Å²) in [5.41, 5.74) is 3.03. The van der Waals surface area contributed by atoms with Crippen molar-refractivity contribution in [2.24, 2.45) is 0 Å². The molecule has 0 aromatic heterocycles. The molecule has 0 heterocycles. The van der Waals surface area contributed by atoms with Gasteiger partial charge >= 0.3 is 0 Å². The van der Waals surface area contributed by atoms with Crippen molar-refractivity contribution >= 4 is 27.5 Å². The number of aryl methyl sites for hydroxylation is 2. The summed E-state index contributed by atoms with van der Waals surface area (Å²) >= 11 is 3.38. The molecule has 4 heteroatoms. The van der Waals surface area contributed by atoms with E-state index in [2.05, 4.69) is 21.2 Å². The van der Waals surface area contributed by atoms with E-state index in [1.54, 1.807) is 6.92 Å². The first kappa shape index (κ1) is 15.6. The minimum atomic E-state index is -0.569. The third-order valence-corrected chi connectivity index (χ3v) is 3.61. The van der Waals surface area contributed by atoms with Crippen molar-refractivity contribution in [2.75, 3.05) is 5.32 Å². The second kappa shape index (κ2) is 6.76. The van der Waals surface area contributed by atoms with Gasteiger partial charge in [0.15, 0.2) is 6.10 Å². The molecule has 0 aliphatic heterocycles. The van der Waals surface area contributed by atoms with Crippen LogP contribution in [-0.2, 0) is 4.79 Å². The fourth-order valence-electron chi connectivity index (χ4n) is 1.99. The highest BCUT2D eigenvalue weighted by Crippen LogP contribution is 2.20. The zero-order valence-corrected chi connectivity index (χ0v) is 13.9. The summed E-state index contributed by atoms with van der Waals surface area (Å²) in [6, 6.07) is 13.4. The molecule has 110 valence electrons. The molecule has 1 amide bonds. The number of ether oxygens (including phenoxy) is 1. The maximum absolute atomic E-state index is 12.2. The Morgan fingerprint density at radius 3 is 2.62 bits per heavy atom. The van der Waals surface area contributed by atoms with Crippen molar-refractivity contribution in [3.05, 3.63) is 58.1 Å². The highest BCUT2D eigenvalue weighted by molar-refractivity contribution is 9.10. The topological polar surface area (TPSA) is 38.3 Å². The summed E-state index contributed by atoms with van der Waals surface area (Å²) in [5.74, 6) is 0.495. The van der Waals surface area contributed by atoms with Gasteiger partial charge in [-0.25, -0.2) is 0 Å². The van der Waals surface area contributed by atoms with Gasteiger partial charge < -0.3 is 10.1 Å². The summed E-state index contributed by atoms with van der Waals surface area (Å²) < 4.78 is 6.57. The van der Waals surface area contributed by atoms with Crippen molar-refractivity contribution in [2.45, 2.75) is 26.9 Å². The van der Waals surface area contributed by atoms with Crippen molar-refractivity contribution in [3.63, 3.8) is 0 Å². The van der Waals surface area contributed by atoms with Crippen LogP contribution in [0.4, 0.5) is 5.69 Å². The Balaban J connectivity index is 2.02. The van der Waals surface area contributed by atoms with E-state index < -0.39 is 6.10 Å². The molecule has 2 aromatic carbocycles. The summed E-state index contributed by atoms with van der Waals surface area (Å²) in [5, 5.41) is 2.90. The number of halogens is 1. The van der Waals surface area contributed by atoms with E-state index in [0.717, 1.165) is 15.7 Å². The molecule has 21 heavy (non-hydrogen) atoms. The second-order valence-electron chi connectivity index (χ2n) is 5.03. The van der Waals surface area contributed by atoms with Crippen molar-refractivity contribution in [3.8, 4) is 5.75 Å². The van der Waals surface area contributed by atoms with Crippen LogP contribution < -0.4 is 10.1 Å². The lowest BCUT2D eigenvalue weighted by molar-refractivity contribution is -0.122. The van der Waals surface area contributed by atoms with Crippen LogP contribution in [-0.4, -0.2) is 12.0 Å². The van der Waals surface area contributed by atoms with Crippen LogP contribution in [0.5, 0.6) is 5.75 Å². The van der Waals surface area contributed by atoms with Gasteiger partial charge in [0.1, 0.15) is 5.75 Å². The van der Waals surface area contributed by atoms with Gasteiger partial charge in [0.05, 0.1) is 0 Å². The number of anilines is 1. The largest absolute Gasteiger partial charge is 0.481 e. The van der Waals surface area contributed by atoms with Gasteiger partial charge in [0, 0.05) is 10.2 Å². The normalized spacial score (nSPS) is 11.8.